The van der Waals surface area contributed by atoms with Gasteiger partial charge in [0.2, 0.25) is 0 Å². The highest BCUT2D eigenvalue weighted by Crippen LogP contribution is 2.10. The quantitative estimate of drug-likeness (QED) is 0.420. The van der Waals surface area contributed by atoms with Crippen molar-refractivity contribution in [1.29, 1.82) is 0 Å². The molecule has 4 heteroatoms. The second-order valence-corrected chi connectivity index (χ2v) is 2.99. The van der Waals surface area contributed by atoms with Crippen molar-refractivity contribution in [3.8, 4) is 0 Å². The van der Waals surface area contributed by atoms with Crippen LogP contribution in [0.25, 0.3) is 0 Å². The van der Waals surface area contributed by atoms with Crippen LogP contribution >= 0.6 is 0 Å². The van der Waals surface area contributed by atoms with Crippen molar-refractivity contribution in [2.75, 3.05) is 0 Å². The molecule has 0 atom stereocenters. The van der Waals surface area contributed by atoms with Gasteiger partial charge in [0.1, 0.15) is 6.29 Å². The number of benzene rings is 1. The Bertz CT molecular complexity index is 347. The number of rotatable bonds is 5. The van der Waals surface area contributed by atoms with Crippen LogP contribution in [0.15, 0.2) is 40.6 Å². The zero-order valence-corrected chi connectivity index (χ0v) is 8.30. The maximum absolute atomic E-state index is 11.1. The maximum Gasteiger partial charge on any atom is 0.264 e. The zero-order valence-electron chi connectivity index (χ0n) is 8.30. The Labute approximate surface area is 88.0 Å². The third kappa shape index (κ3) is 4.81. The monoisotopic (exact) mass is 204 g/mol. The van der Waals surface area contributed by atoms with Crippen molar-refractivity contribution in [3.63, 3.8) is 0 Å². The standard InChI is InChI=1S/C11H12N2O2/c14-9-5-4-8-11(15)13-12-10-6-2-1-3-7-10/h1-3,6-7,9H,4-5,8H2. The summed E-state index contributed by atoms with van der Waals surface area (Å²) in [7, 11) is 0. The van der Waals surface area contributed by atoms with Crippen LogP contribution in [0.4, 0.5) is 5.69 Å². The van der Waals surface area contributed by atoms with E-state index in [2.05, 4.69) is 10.2 Å². The molecule has 0 spiro atoms. The summed E-state index contributed by atoms with van der Waals surface area (Å²) in [5.74, 6) is -0.291. The summed E-state index contributed by atoms with van der Waals surface area (Å²) in [6.07, 6.45) is 2.00. The molecule has 1 aromatic rings. The van der Waals surface area contributed by atoms with Crippen LogP contribution in [0.1, 0.15) is 19.3 Å². The highest BCUT2D eigenvalue weighted by atomic mass is 16.1. The Morgan fingerprint density at radius 2 is 2.00 bits per heavy atom. The van der Waals surface area contributed by atoms with Crippen LogP contribution in [0.2, 0.25) is 0 Å². The predicted octanol–water partition coefficient (Wildman–Crippen LogP) is 2.67. The van der Waals surface area contributed by atoms with Gasteiger partial charge in [0, 0.05) is 12.8 Å². The van der Waals surface area contributed by atoms with Gasteiger partial charge in [-0.2, -0.15) is 0 Å². The molecule has 0 aliphatic heterocycles. The molecule has 0 fully saturated rings. The van der Waals surface area contributed by atoms with Gasteiger partial charge in [-0.1, -0.05) is 18.2 Å². The SMILES string of the molecule is O=CCCCC(=O)N=Nc1ccccc1. The Balaban J connectivity index is 2.37. The summed E-state index contributed by atoms with van der Waals surface area (Å²) in [5.41, 5.74) is 0.654. The molecular formula is C11H12N2O2. The molecule has 0 aliphatic carbocycles. The van der Waals surface area contributed by atoms with Crippen molar-refractivity contribution >= 4 is 17.9 Å². The summed E-state index contributed by atoms with van der Waals surface area (Å²) in [6.45, 7) is 0. The average Bonchev–Trinajstić information content (AvgIpc) is 2.28. The highest BCUT2D eigenvalue weighted by molar-refractivity contribution is 5.76. The van der Waals surface area contributed by atoms with Crippen LogP contribution in [0.5, 0.6) is 0 Å². The average molecular weight is 204 g/mol. The Morgan fingerprint density at radius 3 is 2.67 bits per heavy atom. The molecule has 0 N–H and O–H groups in total. The lowest BCUT2D eigenvalue weighted by atomic mass is 10.2. The fourth-order valence-electron chi connectivity index (χ4n) is 0.995. The van der Waals surface area contributed by atoms with Crippen molar-refractivity contribution in [2.24, 2.45) is 10.2 Å². The van der Waals surface area contributed by atoms with E-state index in [1.54, 1.807) is 12.1 Å². The lowest BCUT2D eigenvalue weighted by Crippen LogP contribution is -1.91. The summed E-state index contributed by atoms with van der Waals surface area (Å²) in [4.78, 5) is 21.1. The van der Waals surface area contributed by atoms with Crippen LogP contribution in [0.3, 0.4) is 0 Å². The van der Waals surface area contributed by atoms with E-state index in [9.17, 15) is 9.59 Å². The minimum atomic E-state index is -0.291. The third-order valence-electron chi connectivity index (χ3n) is 1.75. The number of aldehydes is 1. The van der Waals surface area contributed by atoms with Gasteiger partial charge in [0.05, 0.1) is 5.69 Å². The van der Waals surface area contributed by atoms with Gasteiger partial charge in [-0.05, 0) is 18.6 Å². The fourth-order valence-corrected chi connectivity index (χ4v) is 0.995. The first-order chi connectivity index (χ1) is 7.33. The number of azo groups is 1. The van der Waals surface area contributed by atoms with Crippen molar-refractivity contribution in [2.45, 2.75) is 19.3 Å². The smallest absolute Gasteiger partial charge is 0.264 e. The lowest BCUT2D eigenvalue weighted by molar-refractivity contribution is -0.118. The first-order valence-electron chi connectivity index (χ1n) is 4.76. The minimum absolute atomic E-state index is 0.273. The number of nitrogens with zero attached hydrogens (tertiary/aromatic N) is 2. The fraction of sp³-hybridized carbons (Fsp3) is 0.273. The summed E-state index contributed by atoms with van der Waals surface area (Å²) in [5, 5.41) is 7.31. The van der Waals surface area contributed by atoms with Gasteiger partial charge in [0.25, 0.3) is 5.91 Å². The van der Waals surface area contributed by atoms with Gasteiger partial charge in [-0.3, -0.25) is 4.79 Å². The maximum atomic E-state index is 11.1. The zero-order chi connectivity index (χ0) is 10.9. The van der Waals surface area contributed by atoms with E-state index >= 15 is 0 Å². The van der Waals surface area contributed by atoms with Gasteiger partial charge in [-0.15, -0.1) is 10.2 Å². The second-order valence-electron chi connectivity index (χ2n) is 2.99. The van der Waals surface area contributed by atoms with Crippen molar-refractivity contribution < 1.29 is 9.59 Å². The normalized spacial score (nSPS) is 10.4. The first kappa shape index (κ1) is 11.2. The Morgan fingerprint density at radius 1 is 1.27 bits per heavy atom. The third-order valence-corrected chi connectivity index (χ3v) is 1.75. The Kier molecular flexibility index (Phi) is 4.94. The van der Waals surface area contributed by atoms with E-state index in [0.717, 1.165) is 6.29 Å². The summed E-state index contributed by atoms with van der Waals surface area (Å²) in [6, 6.07) is 9.05. The minimum Gasteiger partial charge on any atom is -0.303 e. The number of hydrogen-bond acceptors (Lipinski definition) is 3. The molecule has 4 nitrogen and oxygen atoms in total. The number of carbonyl (C=O) groups excluding carboxylic acids is 2. The van der Waals surface area contributed by atoms with E-state index in [4.69, 9.17) is 0 Å². The van der Waals surface area contributed by atoms with Gasteiger partial charge in [-0.25, -0.2) is 0 Å². The van der Waals surface area contributed by atoms with E-state index in [0.29, 0.717) is 18.5 Å². The molecule has 78 valence electrons. The molecule has 1 rings (SSSR count). The van der Waals surface area contributed by atoms with Gasteiger partial charge < -0.3 is 4.79 Å². The number of amides is 1. The molecule has 1 amide bonds. The first-order valence-corrected chi connectivity index (χ1v) is 4.76. The molecule has 0 aliphatic rings. The van der Waals surface area contributed by atoms with Gasteiger partial charge in [0.15, 0.2) is 0 Å². The van der Waals surface area contributed by atoms with Gasteiger partial charge >= 0.3 is 0 Å². The topological polar surface area (TPSA) is 58.9 Å². The van der Waals surface area contributed by atoms with Crippen LogP contribution in [-0.2, 0) is 9.59 Å². The van der Waals surface area contributed by atoms with Crippen molar-refractivity contribution in [1.82, 2.24) is 0 Å². The number of carbonyl (C=O) groups is 2. The van der Waals surface area contributed by atoms with E-state index in [1.165, 1.54) is 0 Å². The number of unbranched alkanes of at least 4 members (excludes halogenated alkanes) is 1. The molecule has 0 bridgehead atoms. The largest absolute Gasteiger partial charge is 0.303 e. The van der Waals surface area contributed by atoms with E-state index in [-0.39, 0.29) is 12.3 Å². The molecule has 0 unspecified atom stereocenters. The lowest BCUT2D eigenvalue weighted by Gasteiger charge is -1.91. The highest BCUT2D eigenvalue weighted by Gasteiger charge is 1.98. The molecule has 0 aromatic heterocycles. The van der Waals surface area contributed by atoms with E-state index in [1.807, 2.05) is 18.2 Å². The molecule has 0 saturated heterocycles. The molecule has 1 aromatic carbocycles. The number of hydrogen-bond donors (Lipinski definition) is 0. The van der Waals surface area contributed by atoms with Crippen LogP contribution in [0, 0.1) is 0 Å². The van der Waals surface area contributed by atoms with Crippen molar-refractivity contribution in [3.05, 3.63) is 30.3 Å². The molecular weight excluding hydrogens is 192 g/mol. The molecule has 0 heterocycles. The molecule has 0 radical (unpaired) electrons. The summed E-state index contributed by atoms with van der Waals surface area (Å²) >= 11 is 0. The van der Waals surface area contributed by atoms with Crippen LogP contribution in [-0.4, -0.2) is 12.2 Å². The Hall–Kier alpha value is -1.84. The second kappa shape index (κ2) is 6.59. The van der Waals surface area contributed by atoms with E-state index < -0.39 is 0 Å². The molecule has 15 heavy (non-hydrogen) atoms. The summed E-state index contributed by atoms with van der Waals surface area (Å²) < 4.78 is 0. The van der Waals surface area contributed by atoms with Crippen LogP contribution < -0.4 is 0 Å². The molecule has 0 saturated carbocycles. The predicted molar refractivity (Wildman–Crippen MR) is 55.9 cm³/mol.